The van der Waals surface area contributed by atoms with Crippen molar-refractivity contribution in [3.8, 4) is 0 Å². The van der Waals surface area contributed by atoms with Crippen LogP contribution >= 0.6 is 11.6 Å². The quantitative estimate of drug-likeness (QED) is 0.621. The Labute approximate surface area is 88.7 Å². The second-order valence-electron chi connectivity index (χ2n) is 2.92. The van der Waals surface area contributed by atoms with Crippen molar-refractivity contribution >= 4 is 17.3 Å². The number of benzene rings is 1. The number of quaternary nitrogens is 1. The van der Waals surface area contributed by atoms with E-state index in [9.17, 15) is 0 Å². The predicted molar refractivity (Wildman–Crippen MR) is 48.2 cm³/mol. The predicted octanol–water partition coefficient (Wildman–Crippen LogP) is -0.857. The van der Waals surface area contributed by atoms with Gasteiger partial charge in [0.05, 0.1) is 0 Å². The lowest BCUT2D eigenvalue weighted by Gasteiger charge is -2.06. The van der Waals surface area contributed by atoms with E-state index in [1.165, 1.54) is 5.56 Å². The molecule has 1 aromatic rings. The van der Waals surface area contributed by atoms with Gasteiger partial charge in [0.1, 0.15) is 5.69 Å². The van der Waals surface area contributed by atoms with Crippen LogP contribution in [0.4, 0.5) is 5.69 Å². The molecule has 0 spiro atoms. The first-order chi connectivity index (χ1) is 5.04. The molecule has 3 N–H and O–H groups in total. The van der Waals surface area contributed by atoms with Gasteiger partial charge in [-0.2, -0.15) is 0 Å². The van der Waals surface area contributed by atoms with E-state index in [0.29, 0.717) is 0 Å². The van der Waals surface area contributed by atoms with Crippen LogP contribution in [0.15, 0.2) is 6.07 Å². The molecule has 0 radical (unpaired) electrons. The van der Waals surface area contributed by atoms with E-state index in [1.54, 1.807) is 0 Å². The summed E-state index contributed by atoms with van der Waals surface area (Å²) in [5, 5.41) is 0.870. The van der Waals surface area contributed by atoms with Gasteiger partial charge in [-0.05, 0) is 31.9 Å². The van der Waals surface area contributed by atoms with Crippen LogP contribution in [0.3, 0.4) is 0 Å². The number of hydrogen-bond acceptors (Lipinski definition) is 0. The average molecular weight is 251 g/mol. The fraction of sp³-hybridized carbons (Fsp3) is 0.333. The molecule has 0 bridgehead atoms. The maximum absolute atomic E-state index is 6.03. The molecule has 0 aromatic heterocycles. The first-order valence-corrected chi connectivity index (χ1v) is 4.00. The zero-order valence-corrected chi connectivity index (χ0v) is 9.88. The molecule has 0 aliphatic rings. The van der Waals surface area contributed by atoms with E-state index < -0.39 is 0 Å². The summed E-state index contributed by atoms with van der Waals surface area (Å²) in [5.74, 6) is 0. The van der Waals surface area contributed by atoms with Crippen molar-refractivity contribution in [2.24, 2.45) is 0 Å². The highest BCUT2D eigenvalue weighted by molar-refractivity contribution is 6.32. The number of rotatable bonds is 0. The van der Waals surface area contributed by atoms with Crippen LogP contribution < -0.4 is 22.7 Å². The highest BCUT2D eigenvalue weighted by Crippen LogP contribution is 2.26. The Morgan fingerprint density at radius 3 is 2.17 bits per heavy atom. The molecule has 3 heteroatoms. The lowest BCUT2D eigenvalue weighted by atomic mass is 10.0. The molecule has 68 valence electrons. The minimum Gasteiger partial charge on any atom is -1.00 e. The minimum atomic E-state index is 0. The van der Waals surface area contributed by atoms with E-state index >= 15 is 0 Å². The molecule has 0 atom stereocenters. The van der Waals surface area contributed by atoms with Gasteiger partial charge >= 0.3 is 0 Å². The highest BCUT2D eigenvalue weighted by Gasteiger charge is 2.07. The first kappa shape index (κ1) is 11.9. The normalized spacial score (nSPS) is 9.42. The van der Waals surface area contributed by atoms with Crippen LogP contribution in [0, 0.1) is 20.8 Å². The Morgan fingerprint density at radius 1 is 1.17 bits per heavy atom. The molecule has 0 heterocycles. The number of halogens is 2. The highest BCUT2D eigenvalue weighted by atomic mass is 79.9. The van der Waals surface area contributed by atoms with Crippen LogP contribution in [0.25, 0.3) is 0 Å². The van der Waals surface area contributed by atoms with Gasteiger partial charge in [0, 0.05) is 16.7 Å². The fourth-order valence-corrected chi connectivity index (χ4v) is 1.33. The molecular weight excluding hydrogens is 237 g/mol. The van der Waals surface area contributed by atoms with E-state index in [2.05, 4.69) is 5.73 Å². The molecule has 12 heavy (non-hydrogen) atoms. The summed E-state index contributed by atoms with van der Waals surface area (Å²) in [5.41, 5.74) is 8.45. The van der Waals surface area contributed by atoms with E-state index in [4.69, 9.17) is 11.6 Å². The Morgan fingerprint density at radius 2 is 1.67 bits per heavy atom. The van der Waals surface area contributed by atoms with Crippen molar-refractivity contribution in [3.05, 3.63) is 27.8 Å². The van der Waals surface area contributed by atoms with Gasteiger partial charge in [-0.3, -0.25) is 0 Å². The Kier molecular flexibility index (Phi) is 4.24. The monoisotopic (exact) mass is 249 g/mol. The minimum absolute atomic E-state index is 0. The second-order valence-corrected chi connectivity index (χ2v) is 3.29. The molecule has 1 aromatic carbocycles. The molecule has 0 fully saturated rings. The maximum Gasteiger partial charge on any atom is 0.131 e. The third-order valence-corrected chi connectivity index (χ3v) is 2.69. The second kappa shape index (κ2) is 4.26. The molecular formula is C9H13BrClN. The third-order valence-electron chi connectivity index (χ3n) is 2.11. The first-order valence-electron chi connectivity index (χ1n) is 3.62. The van der Waals surface area contributed by atoms with Crippen molar-refractivity contribution in [2.45, 2.75) is 20.8 Å². The lowest BCUT2D eigenvalue weighted by Crippen LogP contribution is -3.00. The molecule has 0 saturated carbocycles. The molecule has 0 amide bonds. The van der Waals surface area contributed by atoms with E-state index in [1.807, 2.05) is 26.8 Å². The summed E-state index contributed by atoms with van der Waals surface area (Å²) in [6.45, 7) is 6.08. The van der Waals surface area contributed by atoms with Crippen LogP contribution in [0.1, 0.15) is 16.7 Å². The van der Waals surface area contributed by atoms with Crippen LogP contribution in [0.2, 0.25) is 5.02 Å². The van der Waals surface area contributed by atoms with Crippen LogP contribution in [0.5, 0.6) is 0 Å². The maximum atomic E-state index is 6.03. The number of hydrogen-bond donors (Lipinski definition) is 1. The summed E-state index contributed by atoms with van der Waals surface area (Å²) in [7, 11) is 0. The summed E-state index contributed by atoms with van der Waals surface area (Å²) in [6, 6.07) is 2.02. The summed E-state index contributed by atoms with van der Waals surface area (Å²) < 4.78 is 0. The smallest absolute Gasteiger partial charge is 0.131 e. The standard InChI is InChI=1S/C9H12ClN.BrH/c1-5-4-8(11)6(2)7(3)9(5)10;/h4H,11H2,1-3H3;1H. The van der Waals surface area contributed by atoms with Gasteiger partial charge in [-0.15, -0.1) is 0 Å². The zero-order valence-electron chi connectivity index (χ0n) is 7.54. The van der Waals surface area contributed by atoms with Crippen molar-refractivity contribution in [1.82, 2.24) is 0 Å². The molecule has 1 rings (SSSR count). The van der Waals surface area contributed by atoms with Crippen molar-refractivity contribution in [2.75, 3.05) is 0 Å². The molecule has 0 aliphatic heterocycles. The van der Waals surface area contributed by atoms with E-state index in [-0.39, 0.29) is 17.0 Å². The Bertz CT molecular complexity index is 271. The van der Waals surface area contributed by atoms with Crippen LogP contribution in [-0.2, 0) is 0 Å². The average Bonchev–Trinajstić information content (AvgIpc) is 1.97. The Balaban J connectivity index is 0.00000121. The van der Waals surface area contributed by atoms with Crippen molar-refractivity contribution < 1.29 is 22.7 Å². The van der Waals surface area contributed by atoms with Gasteiger partial charge < -0.3 is 22.7 Å². The summed E-state index contributed by atoms with van der Waals surface area (Å²) in [6.07, 6.45) is 0. The zero-order chi connectivity index (χ0) is 8.59. The van der Waals surface area contributed by atoms with E-state index in [0.717, 1.165) is 21.8 Å². The van der Waals surface area contributed by atoms with Crippen molar-refractivity contribution in [3.63, 3.8) is 0 Å². The molecule has 0 saturated heterocycles. The largest absolute Gasteiger partial charge is 1.00 e. The number of aryl methyl sites for hydroxylation is 1. The van der Waals surface area contributed by atoms with Gasteiger partial charge in [0.25, 0.3) is 0 Å². The van der Waals surface area contributed by atoms with Gasteiger partial charge in [0.15, 0.2) is 0 Å². The molecule has 1 nitrogen and oxygen atoms in total. The van der Waals surface area contributed by atoms with Gasteiger partial charge in [-0.25, -0.2) is 0 Å². The topological polar surface area (TPSA) is 27.6 Å². The molecule has 0 aliphatic carbocycles. The van der Waals surface area contributed by atoms with Gasteiger partial charge in [0.2, 0.25) is 0 Å². The fourth-order valence-electron chi connectivity index (χ4n) is 1.13. The van der Waals surface area contributed by atoms with Crippen molar-refractivity contribution in [1.29, 1.82) is 0 Å². The molecule has 0 unspecified atom stereocenters. The lowest BCUT2D eigenvalue weighted by molar-refractivity contribution is -0.255. The third kappa shape index (κ3) is 2.00. The Hall–Kier alpha value is -0.0500. The SMILES string of the molecule is Cc1cc([NH3+])c(C)c(C)c1Cl.[Br-]. The van der Waals surface area contributed by atoms with Crippen LogP contribution in [-0.4, -0.2) is 0 Å². The summed E-state index contributed by atoms with van der Waals surface area (Å²) in [4.78, 5) is 0. The van der Waals surface area contributed by atoms with Gasteiger partial charge in [-0.1, -0.05) is 11.6 Å². The summed E-state index contributed by atoms with van der Waals surface area (Å²) >= 11 is 6.03.